The Bertz CT molecular complexity index is 609. The Balaban J connectivity index is 2.17. The number of aromatic nitrogens is 1. The molecule has 1 amide bonds. The molecule has 0 saturated carbocycles. The van der Waals surface area contributed by atoms with Crippen molar-refractivity contribution in [3.63, 3.8) is 0 Å². The van der Waals surface area contributed by atoms with Crippen LogP contribution in [0, 0.1) is 11.8 Å². The number of nitrogens with zero attached hydrogens (tertiary/aromatic N) is 1. The van der Waals surface area contributed by atoms with E-state index in [4.69, 9.17) is 9.63 Å². The maximum absolute atomic E-state index is 11.8. The molecule has 0 atom stereocenters. The highest BCUT2D eigenvalue weighted by Crippen LogP contribution is 2.15. The summed E-state index contributed by atoms with van der Waals surface area (Å²) in [6.45, 7) is 0.0135. The number of carbonyl (C=O) groups is 1. The van der Waals surface area contributed by atoms with Crippen LogP contribution in [0.2, 0.25) is 0 Å². The molecule has 0 fully saturated rings. The van der Waals surface area contributed by atoms with Gasteiger partial charge in [-0.1, -0.05) is 29.1 Å². The third-order valence-corrected chi connectivity index (χ3v) is 2.30. The number of nitrogens with one attached hydrogen (secondary N) is 1. The number of amides is 1. The number of anilines is 1. The van der Waals surface area contributed by atoms with Crippen molar-refractivity contribution in [1.82, 2.24) is 5.16 Å². The van der Waals surface area contributed by atoms with Crippen LogP contribution in [-0.4, -0.2) is 22.8 Å². The van der Waals surface area contributed by atoms with Gasteiger partial charge in [0.25, 0.3) is 5.91 Å². The summed E-state index contributed by atoms with van der Waals surface area (Å²) < 4.78 is 4.77. The van der Waals surface area contributed by atoms with Crippen molar-refractivity contribution in [3.8, 4) is 11.8 Å². The molecule has 0 radical (unpaired) electrons. The highest BCUT2D eigenvalue weighted by molar-refractivity contribution is 6.02. The second-order valence-electron chi connectivity index (χ2n) is 3.65. The molecule has 5 heteroatoms. The molecule has 0 saturated heterocycles. The number of benzene rings is 1. The van der Waals surface area contributed by atoms with Crippen molar-refractivity contribution in [3.05, 3.63) is 47.9 Å². The zero-order valence-corrected chi connectivity index (χ0v) is 10.1. The van der Waals surface area contributed by atoms with Gasteiger partial charge in [0.1, 0.15) is 0 Å². The van der Waals surface area contributed by atoms with E-state index in [1.807, 2.05) is 6.07 Å². The van der Waals surface area contributed by atoms with E-state index in [9.17, 15) is 4.79 Å². The topological polar surface area (TPSA) is 75.4 Å². The Hall–Kier alpha value is -2.58. The molecule has 0 aliphatic rings. The van der Waals surface area contributed by atoms with Gasteiger partial charge in [-0.2, -0.15) is 0 Å². The summed E-state index contributed by atoms with van der Waals surface area (Å²) in [7, 11) is 0. The second kappa shape index (κ2) is 6.38. The number of para-hydroxylation sites is 1. The Morgan fingerprint density at radius 1 is 1.37 bits per heavy atom. The molecule has 0 aliphatic heterocycles. The minimum absolute atomic E-state index is 0.0135. The summed E-state index contributed by atoms with van der Waals surface area (Å²) in [4.78, 5) is 11.8. The quantitative estimate of drug-likeness (QED) is 0.819. The summed E-state index contributed by atoms with van der Waals surface area (Å²) in [5.41, 5.74) is 1.28. The molecule has 5 nitrogen and oxygen atoms in total. The molecule has 1 aromatic carbocycles. The Morgan fingerprint density at radius 2 is 2.21 bits per heavy atom. The van der Waals surface area contributed by atoms with Crippen LogP contribution in [0.3, 0.4) is 0 Å². The first-order valence-corrected chi connectivity index (χ1v) is 5.72. The van der Waals surface area contributed by atoms with Gasteiger partial charge in [-0.05, 0) is 12.1 Å². The van der Waals surface area contributed by atoms with Crippen LogP contribution < -0.4 is 5.32 Å². The monoisotopic (exact) mass is 256 g/mol. The number of hydrogen-bond acceptors (Lipinski definition) is 4. The van der Waals surface area contributed by atoms with E-state index < -0.39 is 0 Å². The predicted molar refractivity (Wildman–Crippen MR) is 69.5 cm³/mol. The van der Waals surface area contributed by atoms with Crippen LogP contribution in [0.25, 0.3) is 0 Å². The molecule has 0 unspecified atom stereocenters. The lowest BCUT2D eigenvalue weighted by Gasteiger charge is -2.04. The van der Waals surface area contributed by atoms with Crippen molar-refractivity contribution in [2.24, 2.45) is 0 Å². The summed E-state index contributed by atoms with van der Waals surface area (Å²) in [5, 5.41) is 14.9. The SMILES string of the molecule is O=C(Nc1ccccc1C#CCCO)c1ccno1. The summed E-state index contributed by atoms with van der Waals surface area (Å²) >= 11 is 0. The lowest BCUT2D eigenvalue weighted by molar-refractivity contribution is 0.0988. The van der Waals surface area contributed by atoms with Crippen molar-refractivity contribution in [2.75, 3.05) is 11.9 Å². The van der Waals surface area contributed by atoms with Crippen molar-refractivity contribution in [2.45, 2.75) is 6.42 Å². The average Bonchev–Trinajstić information content (AvgIpc) is 2.95. The maximum atomic E-state index is 11.8. The first kappa shape index (κ1) is 12.9. The molecular formula is C14H12N2O3. The Morgan fingerprint density at radius 3 is 2.95 bits per heavy atom. The van der Waals surface area contributed by atoms with Gasteiger partial charge in [-0.3, -0.25) is 4.79 Å². The zero-order chi connectivity index (χ0) is 13.5. The van der Waals surface area contributed by atoms with Gasteiger partial charge >= 0.3 is 0 Å². The third kappa shape index (κ3) is 3.44. The minimum atomic E-state index is -0.381. The van der Waals surface area contributed by atoms with E-state index in [-0.39, 0.29) is 18.3 Å². The van der Waals surface area contributed by atoms with Gasteiger partial charge in [-0.25, -0.2) is 0 Å². The standard InChI is InChI=1S/C14H12N2O3/c17-10-4-3-6-11-5-1-2-7-12(11)16-14(18)13-8-9-15-19-13/h1-2,5,7-9,17H,4,10H2,(H,16,18). The molecule has 2 N–H and O–H groups in total. The van der Waals surface area contributed by atoms with Gasteiger partial charge in [0, 0.05) is 18.1 Å². The van der Waals surface area contributed by atoms with Gasteiger partial charge < -0.3 is 14.9 Å². The molecular weight excluding hydrogens is 244 g/mol. The number of aliphatic hydroxyl groups is 1. The van der Waals surface area contributed by atoms with Crippen molar-refractivity contribution < 1.29 is 14.4 Å². The highest BCUT2D eigenvalue weighted by Gasteiger charge is 2.11. The van der Waals surface area contributed by atoms with Crippen LogP contribution in [-0.2, 0) is 0 Å². The highest BCUT2D eigenvalue weighted by atomic mass is 16.5. The fourth-order valence-corrected chi connectivity index (χ4v) is 1.43. The van der Waals surface area contributed by atoms with Gasteiger partial charge in [-0.15, -0.1) is 0 Å². The van der Waals surface area contributed by atoms with E-state index in [1.165, 1.54) is 12.3 Å². The zero-order valence-electron chi connectivity index (χ0n) is 10.1. The van der Waals surface area contributed by atoms with Crippen LogP contribution >= 0.6 is 0 Å². The van der Waals surface area contributed by atoms with E-state index in [0.717, 1.165) is 0 Å². The average molecular weight is 256 g/mol. The first-order chi connectivity index (χ1) is 9.31. The fraction of sp³-hybridized carbons (Fsp3) is 0.143. The lowest BCUT2D eigenvalue weighted by Crippen LogP contribution is -2.11. The number of aliphatic hydroxyl groups excluding tert-OH is 1. The lowest BCUT2D eigenvalue weighted by atomic mass is 10.1. The first-order valence-electron chi connectivity index (χ1n) is 5.72. The molecule has 2 rings (SSSR count). The number of carbonyl (C=O) groups excluding carboxylic acids is 1. The predicted octanol–water partition coefficient (Wildman–Crippen LogP) is 1.66. The Kier molecular flexibility index (Phi) is 4.32. The van der Waals surface area contributed by atoms with Crippen LogP contribution in [0.15, 0.2) is 41.1 Å². The molecule has 96 valence electrons. The van der Waals surface area contributed by atoms with E-state index in [1.54, 1.807) is 18.2 Å². The third-order valence-electron chi connectivity index (χ3n) is 2.30. The summed E-state index contributed by atoms with van der Waals surface area (Å²) in [6.07, 6.45) is 1.80. The van der Waals surface area contributed by atoms with E-state index >= 15 is 0 Å². The minimum Gasteiger partial charge on any atom is -0.395 e. The molecule has 0 bridgehead atoms. The van der Waals surface area contributed by atoms with Crippen LogP contribution in [0.5, 0.6) is 0 Å². The molecule has 1 aromatic heterocycles. The van der Waals surface area contributed by atoms with E-state index in [0.29, 0.717) is 17.7 Å². The maximum Gasteiger partial charge on any atom is 0.294 e. The number of rotatable bonds is 3. The van der Waals surface area contributed by atoms with Crippen LogP contribution in [0.1, 0.15) is 22.5 Å². The molecule has 2 aromatic rings. The van der Waals surface area contributed by atoms with Gasteiger partial charge in [0.2, 0.25) is 5.76 Å². The van der Waals surface area contributed by atoms with Crippen molar-refractivity contribution >= 4 is 11.6 Å². The second-order valence-corrected chi connectivity index (χ2v) is 3.65. The summed E-state index contributed by atoms with van der Waals surface area (Å²) in [5.74, 6) is 5.46. The largest absolute Gasteiger partial charge is 0.395 e. The Labute approximate surface area is 110 Å². The fourth-order valence-electron chi connectivity index (χ4n) is 1.43. The number of hydrogen-bond donors (Lipinski definition) is 2. The van der Waals surface area contributed by atoms with Crippen LogP contribution in [0.4, 0.5) is 5.69 Å². The smallest absolute Gasteiger partial charge is 0.294 e. The van der Waals surface area contributed by atoms with Gasteiger partial charge in [0.05, 0.1) is 18.5 Å². The molecule has 1 heterocycles. The van der Waals surface area contributed by atoms with Crippen molar-refractivity contribution in [1.29, 1.82) is 0 Å². The molecule has 0 spiro atoms. The molecule has 19 heavy (non-hydrogen) atoms. The molecule has 0 aliphatic carbocycles. The van der Waals surface area contributed by atoms with E-state index in [2.05, 4.69) is 22.3 Å². The summed E-state index contributed by atoms with van der Waals surface area (Å²) in [6, 6.07) is 8.65. The normalized spacial score (nSPS) is 9.53. The van der Waals surface area contributed by atoms with Gasteiger partial charge in [0.15, 0.2) is 0 Å².